The second kappa shape index (κ2) is 6.69. The fourth-order valence-electron chi connectivity index (χ4n) is 2.17. The van der Waals surface area contributed by atoms with E-state index in [0.29, 0.717) is 19.3 Å². The van der Waals surface area contributed by atoms with Crippen LogP contribution in [0.25, 0.3) is 0 Å². The zero-order valence-corrected chi connectivity index (χ0v) is 14.6. The van der Waals surface area contributed by atoms with Gasteiger partial charge in [0, 0.05) is 10.2 Å². The fourth-order valence-corrected chi connectivity index (χ4v) is 2.58. The summed E-state index contributed by atoms with van der Waals surface area (Å²) in [6, 6.07) is 5.13. The molecule has 0 saturated heterocycles. The van der Waals surface area contributed by atoms with Gasteiger partial charge in [-0.2, -0.15) is 0 Å². The number of amides is 2. The van der Waals surface area contributed by atoms with Crippen molar-refractivity contribution in [2.75, 3.05) is 5.32 Å². The van der Waals surface area contributed by atoms with Crippen molar-refractivity contribution in [3.05, 3.63) is 28.2 Å². The Labute approximate surface area is 138 Å². The van der Waals surface area contributed by atoms with Crippen molar-refractivity contribution >= 4 is 33.6 Å². The van der Waals surface area contributed by atoms with Crippen LogP contribution in [-0.2, 0) is 16.0 Å². The summed E-state index contributed by atoms with van der Waals surface area (Å²) in [5.74, 6) is -0.215. The van der Waals surface area contributed by atoms with E-state index in [-0.39, 0.29) is 5.91 Å². The number of anilines is 1. The monoisotopic (exact) mass is 368 g/mol. The van der Waals surface area contributed by atoms with Crippen molar-refractivity contribution in [2.24, 2.45) is 0 Å². The molecule has 0 bridgehead atoms. The summed E-state index contributed by atoms with van der Waals surface area (Å²) in [5.41, 5.74) is 1.30. The highest BCUT2D eigenvalue weighted by Gasteiger charge is 2.28. The van der Waals surface area contributed by atoms with E-state index in [1.54, 1.807) is 0 Å². The van der Waals surface area contributed by atoms with Crippen LogP contribution in [-0.4, -0.2) is 23.6 Å². The van der Waals surface area contributed by atoms with E-state index >= 15 is 0 Å². The average Bonchev–Trinajstić information content (AvgIpc) is 2.58. The van der Waals surface area contributed by atoms with Crippen molar-refractivity contribution in [1.29, 1.82) is 0 Å². The number of alkyl carbamates (subject to hydrolysis) is 1. The molecule has 1 aliphatic rings. The van der Waals surface area contributed by atoms with Crippen LogP contribution < -0.4 is 10.6 Å². The summed E-state index contributed by atoms with van der Waals surface area (Å²) in [4.78, 5) is 24.2. The summed E-state index contributed by atoms with van der Waals surface area (Å²) < 4.78 is 6.31. The molecule has 22 heavy (non-hydrogen) atoms. The summed E-state index contributed by atoms with van der Waals surface area (Å²) in [6.07, 6.45) is 1.39. The van der Waals surface area contributed by atoms with Gasteiger partial charge in [0.15, 0.2) is 0 Å². The third-order valence-electron chi connectivity index (χ3n) is 3.86. The van der Waals surface area contributed by atoms with Crippen LogP contribution >= 0.6 is 15.9 Å². The molecule has 0 saturated carbocycles. The number of hydrogen-bond donors (Lipinski definition) is 2. The van der Waals surface area contributed by atoms with Crippen molar-refractivity contribution in [3.8, 4) is 0 Å². The van der Waals surface area contributed by atoms with Gasteiger partial charge < -0.3 is 15.4 Å². The number of rotatable bonds is 3. The second-order valence-corrected chi connectivity index (χ2v) is 6.94. The molecule has 0 radical (unpaired) electrons. The van der Waals surface area contributed by atoms with Gasteiger partial charge >= 0.3 is 6.09 Å². The lowest BCUT2D eigenvalue weighted by Gasteiger charge is -2.25. The van der Waals surface area contributed by atoms with Crippen LogP contribution in [0.4, 0.5) is 10.5 Å². The number of hydrogen-bond acceptors (Lipinski definition) is 3. The van der Waals surface area contributed by atoms with Gasteiger partial charge in [0.25, 0.3) is 0 Å². The number of carbonyl (C=O) groups excluding carboxylic acids is 2. The van der Waals surface area contributed by atoms with Gasteiger partial charge in [-0.15, -0.1) is 0 Å². The van der Waals surface area contributed by atoms with E-state index in [0.717, 1.165) is 15.7 Å². The molecule has 2 rings (SSSR count). The molecule has 1 aliphatic heterocycles. The van der Waals surface area contributed by atoms with Gasteiger partial charge in [0.05, 0.1) is 0 Å². The maximum Gasteiger partial charge on any atom is 0.408 e. The predicted octanol–water partition coefficient (Wildman–Crippen LogP) is 3.62. The van der Waals surface area contributed by atoms with Gasteiger partial charge in [-0.25, -0.2) is 4.79 Å². The Balaban J connectivity index is 2.03. The summed E-state index contributed by atoms with van der Waals surface area (Å²) in [7, 11) is 0. The van der Waals surface area contributed by atoms with Gasteiger partial charge in [-0.3, -0.25) is 4.79 Å². The molecule has 1 aromatic rings. The Bertz CT molecular complexity index is 587. The maximum absolute atomic E-state index is 12.2. The molecular formula is C16H21BrN2O3. The van der Waals surface area contributed by atoms with Crippen LogP contribution in [0.15, 0.2) is 22.7 Å². The Kier molecular flexibility index (Phi) is 5.11. The Morgan fingerprint density at radius 1 is 1.50 bits per heavy atom. The van der Waals surface area contributed by atoms with Crippen LogP contribution in [0, 0.1) is 0 Å². The molecular weight excluding hydrogens is 348 g/mol. The van der Waals surface area contributed by atoms with E-state index in [1.165, 1.54) is 0 Å². The van der Waals surface area contributed by atoms with E-state index in [4.69, 9.17) is 4.74 Å². The molecule has 120 valence electrons. The molecule has 0 aliphatic carbocycles. The zero-order chi connectivity index (χ0) is 16.3. The molecule has 0 fully saturated rings. The predicted molar refractivity (Wildman–Crippen MR) is 88.9 cm³/mol. The third kappa shape index (κ3) is 4.22. The van der Waals surface area contributed by atoms with Gasteiger partial charge in [-0.1, -0.05) is 22.9 Å². The van der Waals surface area contributed by atoms with E-state index < -0.39 is 17.7 Å². The summed E-state index contributed by atoms with van der Waals surface area (Å²) in [6.45, 7) is 5.63. The first-order valence-electron chi connectivity index (χ1n) is 7.39. The van der Waals surface area contributed by atoms with Crippen LogP contribution in [0.5, 0.6) is 0 Å². The Morgan fingerprint density at radius 3 is 2.91 bits per heavy atom. The van der Waals surface area contributed by atoms with E-state index in [1.807, 2.05) is 39.0 Å². The first kappa shape index (κ1) is 16.8. The molecule has 0 spiro atoms. The second-order valence-electron chi connectivity index (χ2n) is 6.03. The lowest BCUT2D eigenvalue weighted by molar-refractivity contribution is -0.118. The van der Waals surface area contributed by atoms with Gasteiger partial charge in [0.2, 0.25) is 5.91 Å². The SMILES string of the molecule is CCC(C)(C)OC(=O)N[C@H]1CCc2cc(Br)ccc2NC1=O. The molecule has 0 unspecified atom stereocenters. The minimum absolute atomic E-state index is 0.215. The lowest BCUT2D eigenvalue weighted by Crippen LogP contribution is -2.45. The maximum atomic E-state index is 12.2. The highest BCUT2D eigenvalue weighted by Crippen LogP contribution is 2.25. The van der Waals surface area contributed by atoms with E-state index in [2.05, 4.69) is 26.6 Å². The topological polar surface area (TPSA) is 67.4 Å². The van der Waals surface area contributed by atoms with Crippen molar-refractivity contribution in [3.63, 3.8) is 0 Å². The number of aryl methyl sites for hydroxylation is 1. The van der Waals surface area contributed by atoms with Crippen molar-refractivity contribution in [1.82, 2.24) is 5.32 Å². The standard InChI is InChI=1S/C16H21BrN2O3/c1-4-16(2,3)22-15(21)19-13-7-5-10-9-11(17)6-8-12(10)18-14(13)20/h6,8-9,13H,4-5,7H2,1-3H3,(H,18,20)(H,19,21)/t13-/m0/s1. The normalized spacial score (nSPS) is 18.0. The Morgan fingerprint density at radius 2 is 2.23 bits per heavy atom. The van der Waals surface area contributed by atoms with Crippen LogP contribution in [0.2, 0.25) is 0 Å². The van der Waals surface area contributed by atoms with Crippen LogP contribution in [0.1, 0.15) is 39.2 Å². The zero-order valence-electron chi connectivity index (χ0n) is 13.0. The van der Waals surface area contributed by atoms with Crippen molar-refractivity contribution in [2.45, 2.75) is 51.7 Å². The third-order valence-corrected chi connectivity index (χ3v) is 4.35. The van der Waals surface area contributed by atoms with Crippen LogP contribution in [0.3, 0.4) is 0 Å². The molecule has 2 N–H and O–H groups in total. The molecule has 2 amide bonds. The molecule has 1 aromatic carbocycles. The van der Waals surface area contributed by atoms with Crippen molar-refractivity contribution < 1.29 is 14.3 Å². The number of carbonyl (C=O) groups is 2. The average molecular weight is 369 g/mol. The number of halogens is 1. The number of benzene rings is 1. The molecule has 1 atom stereocenters. The molecule has 5 nitrogen and oxygen atoms in total. The largest absolute Gasteiger partial charge is 0.444 e. The summed E-state index contributed by atoms with van der Waals surface area (Å²) in [5, 5.41) is 5.52. The van der Waals surface area contributed by atoms with Gasteiger partial charge in [-0.05, 0) is 56.9 Å². The number of ether oxygens (including phenoxy) is 1. The molecule has 0 aromatic heterocycles. The highest BCUT2D eigenvalue weighted by atomic mass is 79.9. The fraction of sp³-hybridized carbons (Fsp3) is 0.500. The lowest BCUT2D eigenvalue weighted by atomic mass is 10.1. The highest BCUT2D eigenvalue weighted by molar-refractivity contribution is 9.10. The van der Waals surface area contributed by atoms with E-state index in [9.17, 15) is 9.59 Å². The number of fused-ring (bicyclic) bond motifs is 1. The molecule has 6 heteroatoms. The minimum Gasteiger partial charge on any atom is -0.444 e. The quantitative estimate of drug-likeness (QED) is 0.855. The Hall–Kier alpha value is -1.56. The van der Waals surface area contributed by atoms with Gasteiger partial charge in [0.1, 0.15) is 11.6 Å². The first-order chi connectivity index (χ1) is 10.3. The summed E-state index contributed by atoms with van der Waals surface area (Å²) >= 11 is 3.42. The number of nitrogens with one attached hydrogen (secondary N) is 2. The minimum atomic E-state index is -0.591. The first-order valence-corrected chi connectivity index (χ1v) is 8.19. The molecule has 1 heterocycles. The smallest absolute Gasteiger partial charge is 0.408 e.